The van der Waals surface area contributed by atoms with E-state index in [4.69, 9.17) is 5.11 Å². The molecule has 10 heteroatoms. The van der Waals surface area contributed by atoms with E-state index in [-0.39, 0.29) is 0 Å². The van der Waals surface area contributed by atoms with Crippen molar-refractivity contribution in [3.63, 3.8) is 0 Å². The second-order valence-electron chi connectivity index (χ2n) is 3.14. The van der Waals surface area contributed by atoms with Gasteiger partial charge in [0.25, 0.3) is 0 Å². The normalized spacial score (nSPS) is 15.1. The average molecular weight is 271 g/mol. The van der Waals surface area contributed by atoms with Gasteiger partial charge in [0, 0.05) is 0 Å². The van der Waals surface area contributed by atoms with Crippen LogP contribution < -0.4 is 0 Å². The summed E-state index contributed by atoms with van der Waals surface area (Å²) in [6.45, 7) is -6.14. The number of rotatable bonds is 5. The number of hydrogen-bond donors (Lipinski definition) is 1. The van der Waals surface area contributed by atoms with Crippen molar-refractivity contribution in [2.75, 3.05) is 19.8 Å². The highest BCUT2D eigenvalue weighted by Crippen LogP contribution is 2.23. The quantitative estimate of drug-likeness (QED) is 0.775. The molecule has 0 aromatic carbocycles. The lowest BCUT2D eigenvalue weighted by atomic mass is 10.2. The molecule has 0 aliphatic heterocycles. The van der Waals surface area contributed by atoms with Crippen molar-refractivity contribution in [1.29, 1.82) is 0 Å². The molecule has 17 heavy (non-hydrogen) atoms. The molecule has 0 aromatic rings. The lowest BCUT2D eigenvalue weighted by Gasteiger charge is -2.28. The van der Waals surface area contributed by atoms with Gasteiger partial charge in [-0.25, -0.2) is 4.39 Å². The molecule has 3 nitrogen and oxygen atoms in total. The van der Waals surface area contributed by atoms with Gasteiger partial charge in [0.2, 0.25) is 0 Å². The molecule has 0 fully saturated rings. The van der Waals surface area contributed by atoms with Crippen molar-refractivity contribution in [3.05, 3.63) is 0 Å². The lowest BCUT2D eigenvalue weighted by Crippen LogP contribution is -2.50. The van der Waals surface area contributed by atoms with Crippen molar-refractivity contribution in [3.8, 4) is 0 Å². The Hall–Kier alpha value is -1.06. The smallest absolute Gasteiger partial charge is 0.401 e. The van der Waals surface area contributed by atoms with Crippen LogP contribution >= 0.6 is 0 Å². The van der Waals surface area contributed by atoms with Crippen molar-refractivity contribution in [2.45, 2.75) is 18.4 Å². The van der Waals surface area contributed by atoms with E-state index in [1.807, 2.05) is 0 Å². The number of hydrogen-bond acceptors (Lipinski definition) is 2. The first-order chi connectivity index (χ1) is 7.46. The fourth-order valence-corrected chi connectivity index (χ4v) is 1.06. The molecule has 0 heterocycles. The molecule has 0 aromatic heterocycles. The Morgan fingerprint density at radius 1 is 1.06 bits per heavy atom. The van der Waals surface area contributed by atoms with Crippen molar-refractivity contribution >= 4 is 5.97 Å². The van der Waals surface area contributed by atoms with Gasteiger partial charge in [-0.05, 0) is 0 Å². The highest BCUT2D eigenvalue weighted by Gasteiger charge is 2.42. The van der Waals surface area contributed by atoms with Crippen molar-refractivity contribution < 1.29 is 40.6 Å². The molecule has 0 saturated carbocycles. The van der Waals surface area contributed by atoms with Crippen LogP contribution in [0.25, 0.3) is 0 Å². The van der Waals surface area contributed by atoms with Crippen LogP contribution in [0.3, 0.4) is 0 Å². The van der Waals surface area contributed by atoms with E-state index >= 15 is 0 Å². The largest absolute Gasteiger partial charge is 0.480 e. The summed E-state index contributed by atoms with van der Waals surface area (Å²) in [6.07, 6.45) is -10.1. The van der Waals surface area contributed by atoms with E-state index in [0.717, 1.165) is 0 Å². The Balaban J connectivity index is 4.89. The van der Waals surface area contributed by atoms with E-state index < -0.39 is 49.0 Å². The second-order valence-corrected chi connectivity index (χ2v) is 3.14. The minimum absolute atomic E-state index is 0.512. The van der Waals surface area contributed by atoms with Crippen LogP contribution in [0.15, 0.2) is 0 Å². The Kier molecular flexibility index (Phi) is 5.17. The molecule has 1 N–H and O–H groups in total. The zero-order chi connectivity index (χ0) is 13.9. The van der Waals surface area contributed by atoms with Gasteiger partial charge in [0.1, 0.15) is 12.7 Å². The molecule has 0 spiro atoms. The monoisotopic (exact) mass is 271 g/mol. The summed E-state index contributed by atoms with van der Waals surface area (Å²) in [5.41, 5.74) is 0. The van der Waals surface area contributed by atoms with E-state index in [1.54, 1.807) is 0 Å². The van der Waals surface area contributed by atoms with E-state index in [0.29, 0.717) is 0 Å². The molecule has 1 atom stereocenters. The molecule has 102 valence electrons. The summed E-state index contributed by atoms with van der Waals surface area (Å²) >= 11 is 0. The third-order valence-corrected chi connectivity index (χ3v) is 1.64. The van der Waals surface area contributed by atoms with Gasteiger partial charge in [-0.15, -0.1) is 0 Å². The zero-order valence-corrected chi connectivity index (χ0v) is 8.15. The summed E-state index contributed by atoms with van der Waals surface area (Å²) in [7, 11) is 0. The second kappa shape index (κ2) is 5.52. The summed E-state index contributed by atoms with van der Waals surface area (Å²) in [6, 6.07) is -2.47. The molecular formula is C7H8F7NO2. The number of carbonyl (C=O) groups is 1. The summed E-state index contributed by atoms with van der Waals surface area (Å²) in [4.78, 5) is 9.82. The highest BCUT2D eigenvalue weighted by molar-refractivity contribution is 5.73. The SMILES string of the molecule is O=C(O)C(CF)N(CC(F)(F)F)CC(F)(F)F. The van der Waals surface area contributed by atoms with Crippen LogP contribution in [-0.4, -0.2) is 54.1 Å². The van der Waals surface area contributed by atoms with Gasteiger partial charge >= 0.3 is 18.3 Å². The Bertz CT molecular complexity index is 246. The third kappa shape index (κ3) is 6.97. The van der Waals surface area contributed by atoms with Crippen molar-refractivity contribution in [1.82, 2.24) is 4.90 Å². The van der Waals surface area contributed by atoms with Crippen LogP contribution in [0.5, 0.6) is 0 Å². The predicted octanol–water partition coefficient (Wildman–Crippen LogP) is 1.84. The van der Waals surface area contributed by atoms with Crippen LogP contribution in [0.2, 0.25) is 0 Å². The maximum atomic E-state index is 12.2. The van der Waals surface area contributed by atoms with E-state index in [1.165, 1.54) is 0 Å². The predicted molar refractivity (Wildman–Crippen MR) is 41.1 cm³/mol. The Labute approximate surface area is 90.8 Å². The van der Waals surface area contributed by atoms with Crippen LogP contribution in [-0.2, 0) is 4.79 Å². The average Bonchev–Trinajstić information content (AvgIpc) is 1.96. The number of alkyl halides is 7. The molecule has 0 rings (SSSR count). The molecule has 0 saturated heterocycles. The van der Waals surface area contributed by atoms with Crippen LogP contribution in [0.1, 0.15) is 0 Å². The molecular weight excluding hydrogens is 263 g/mol. The topological polar surface area (TPSA) is 40.5 Å². The van der Waals surface area contributed by atoms with Gasteiger partial charge in [-0.1, -0.05) is 0 Å². The third-order valence-electron chi connectivity index (χ3n) is 1.64. The maximum absolute atomic E-state index is 12.2. The number of carboxylic acid groups (broad SMARTS) is 1. The van der Waals surface area contributed by atoms with Gasteiger partial charge in [-0.3, -0.25) is 9.69 Å². The van der Waals surface area contributed by atoms with E-state index in [2.05, 4.69) is 0 Å². The lowest BCUT2D eigenvalue weighted by molar-refractivity contribution is -0.191. The molecule has 0 aliphatic carbocycles. The first kappa shape index (κ1) is 15.9. The summed E-state index contributed by atoms with van der Waals surface area (Å²) in [5, 5.41) is 8.32. The molecule has 1 unspecified atom stereocenters. The standard InChI is InChI=1S/C7H8F7NO2/c8-1-4(5(16)17)15(2-6(9,10)11)3-7(12,13)14/h4H,1-3H2,(H,16,17). The number of halogens is 7. The molecule has 0 aliphatic rings. The minimum atomic E-state index is -5.05. The Morgan fingerprint density at radius 2 is 1.41 bits per heavy atom. The van der Waals surface area contributed by atoms with Gasteiger partial charge in [0.15, 0.2) is 0 Å². The van der Waals surface area contributed by atoms with Gasteiger partial charge < -0.3 is 5.11 Å². The maximum Gasteiger partial charge on any atom is 0.401 e. The fraction of sp³-hybridized carbons (Fsp3) is 0.857. The fourth-order valence-electron chi connectivity index (χ4n) is 1.06. The number of nitrogens with zero attached hydrogens (tertiary/aromatic N) is 1. The molecule has 0 bridgehead atoms. The van der Waals surface area contributed by atoms with Gasteiger partial charge in [0.05, 0.1) is 13.1 Å². The van der Waals surface area contributed by atoms with Crippen LogP contribution in [0, 0.1) is 0 Å². The van der Waals surface area contributed by atoms with Gasteiger partial charge in [-0.2, -0.15) is 26.3 Å². The summed E-state index contributed by atoms with van der Waals surface area (Å²) in [5.74, 6) is -2.08. The van der Waals surface area contributed by atoms with Crippen molar-refractivity contribution in [2.24, 2.45) is 0 Å². The van der Waals surface area contributed by atoms with Crippen LogP contribution in [0.4, 0.5) is 30.7 Å². The first-order valence-electron chi connectivity index (χ1n) is 4.12. The molecule has 0 amide bonds. The number of aliphatic carboxylic acids is 1. The summed E-state index contributed by atoms with van der Waals surface area (Å²) < 4.78 is 83.7. The highest BCUT2D eigenvalue weighted by atomic mass is 19.4. The molecule has 0 radical (unpaired) electrons. The van der Waals surface area contributed by atoms with E-state index in [9.17, 15) is 35.5 Å². The first-order valence-corrected chi connectivity index (χ1v) is 4.12. The Morgan fingerprint density at radius 3 is 1.59 bits per heavy atom. The number of carboxylic acids is 1. The zero-order valence-electron chi connectivity index (χ0n) is 8.15. The minimum Gasteiger partial charge on any atom is -0.480 e.